The highest BCUT2D eigenvalue weighted by Gasteiger charge is 2.19. The third-order valence-corrected chi connectivity index (χ3v) is 12.5. The maximum atomic E-state index is 12.9. The van der Waals surface area contributed by atoms with Crippen molar-refractivity contribution in [3.05, 3.63) is 146 Å². The highest BCUT2D eigenvalue weighted by molar-refractivity contribution is 5.71. The molecule has 0 aliphatic heterocycles. The van der Waals surface area contributed by atoms with Gasteiger partial charge in [0.05, 0.1) is 0 Å². The van der Waals surface area contributed by atoms with Gasteiger partial charge in [0.15, 0.2) is 6.10 Å². The lowest BCUT2D eigenvalue weighted by Gasteiger charge is -2.18. The first-order valence-electron chi connectivity index (χ1n) is 30.8. The predicted octanol–water partition coefficient (Wildman–Crippen LogP) is 21.2. The van der Waals surface area contributed by atoms with Crippen LogP contribution in [0.5, 0.6) is 0 Å². The van der Waals surface area contributed by atoms with Gasteiger partial charge in [-0.3, -0.25) is 14.4 Å². The standard InChI is InChI=1S/C70H112O6/c1-4-7-10-13-16-19-22-24-26-28-30-31-32-33-34-35-36-37-38-39-40-42-43-45-48-51-54-57-60-63-69(72)75-66-67(65-74-68(71)62-59-56-53-50-47-21-18-15-12-9-6-3)76-70(73)64-61-58-55-52-49-46-44-41-29-27-25-23-20-17-14-11-8-5-2/h7,10,15-16,18-20,23-24,26-27,29-31,33-34,36-37,39-40,43,45,51,54,67H,4-6,8-9,11-14,17,21-22,25,28,32,35,38,41-42,44,46-50,52-53,55-66H2,1-3H3/b10-7-,18-15-,19-16-,23-20-,26-24-,29-27-,31-30-,34-33-,37-36-,40-39-,45-43-,54-51-. The summed E-state index contributed by atoms with van der Waals surface area (Å²) in [6, 6.07) is 0. The molecule has 0 aliphatic carbocycles. The molecule has 0 radical (unpaired) electrons. The van der Waals surface area contributed by atoms with Crippen molar-refractivity contribution in [1.82, 2.24) is 0 Å². The molecule has 6 heteroatoms. The van der Waals surface area contributed by atoms with Crippen LogP contribution >= 0.6 is 0 Å². The van der Waals surface area contributed by atoms with Gasteiger partial charge in [-0.05, 0) is 135 Å². The quantitative estimate of drug-likeness (QED) is 0.0261. The lowest BCUT2D eigenvalue weighted by atomic mass is 10.1. The molecule has 0 saturated carbocycles. The van der Waals surface area contributed by atoms with Crippen LogP contribution in [0.4, 0.5) is 0 Å². The Bertz CT molecular complexity index is 1680. The van der Waals surface area contributed by atoms with Gasteiger partial charge in [0.1, 0.15) is 13.2 Å². The zero-order chi connectivity index (χ0) is 55.0. The smallest absolute Gasteiger partial charge is 0.306 e. The van der Waals surface area contributed by atoms with Crippen molar-refractivity contribution in [3.63, 3.8) is 0 Å². The van der Waals surface area contributed by atoms with E-state index in [-0.39, 0.29) is 37.5 Å². The number of unbranched alkanes of at least 4 members (excludes halogenated alkanes) is 19. The Labute approximate surface area is 467 Å². The number of rotatable bonds is 54. The number of carbonyl (C=O) groups excluding carboxylic acids is 3. The molecule has 0 amide bonds. The van der Waals surface area contributed by atoms with Crippen molar-refractivity contribution in [2.24, 2.45) is 0 Å². The van der Waals surface area contributed by atoms with E-state index in [2.05, 4.69) is 167 Å². The van der Waals surface area contributed by atoms with Gasteiger partial charge in [-0.1, -0.05) is 250 Å². The van der Waals surface area contributed by atoms with Crippen molar-refractivity contribution < 1.29 is 28.6 Å². The Morgan fingerprint density at radius 1 is 0.276 bits per heavy atom. The molecule has 0 saturated heterocycles. The fraction of sp³-hybridized carbons (Fsp3) is 0.614. The number of esters is 3. The van der Waals surface area contributed by atoms with Crippen LogP contribution < -0.4 is 0 Å². The van der Waals surface area contributed by atoms with E-state index in [0.29, 0.717) is 19.3 Å². The lowest BCUT2D eigenvalue weighted by molar-refractivity contribution is -0.167. The van der Waals surface area contributed by atoms with E-state index in [1.807, 2.05) is 0 Å². The molecule has 0 aromatic carbocycles. The summed E-state index contributed by atoms with van der Waals surface area (Å²) in [4.78, 5) is 38.2. The van der Waals surface area contributed by atoms with Crippen LogP contribution in [0, 0.1) is 0 Å². The molecule has 76 heavy (non-hydrogen) atoms. The third-order valence-electron chi connectivity index (χ3n) is 12.5. The Balaban J connectivity index is 4.43. The van der Waals surface area contributed by atoms with E-state index in [1.165, 1.54) is 83.5 Å². The molecule has 0 heterocycles. The SMILES string of the molecule is CC/C=C\C/C=C\C/C=C\C/C=C\C/C=C\C/C=C\C/C=C\C/C=C\C/C=C\CCCC(=O)OCC(COC(=O)CCCCCCC/C=C\CCCC)OC(=O)CCCCCCCCC/C=C\C/C=C\CCCCCC. The maximum Gasteiger partial charge on any atom is 0.306 e. The van der Waals surface area contributed by atoms with Crippen molar-refractivity contribution in [3.8, 4) is 0 Å². The number of allylic oxidation sites excluding steroid dienone is 24. The third kappa shape index (κ3) is 60.2. The Kier molecular flexibility index (Phi) is 58.9. The molecule has 0 fully saturated rings. The average Bonchev–Trinajstić information content (AvgIpc) is 3.42. The molecule has 0 N–H and O–H groups in total. The van der Waals surface area contributed by atoms with Crippen LogP contribution in [0.2, 0.25) is 0 Å². The van der Waals surface area contributed by atoms with Crippen molar-refractivity contribution in [1.29, 1.82) is 0 Å². The second-order valence-corrected chi connectivity index (χ2v) is 19.9. The first-order valence-corrected chi connectivity index (χ1v) is 30.8. The molecule has 0 bridgehead atoms. The van der Waals surface area contributed by atoms with Crippen molar-refractivity contribution >= 4 is 17.9 Å². The fourth-order valence-corrected chi connectivity index (χ4v) is 7.92. The zero-order valence-electron chi connectivity index (χ0n) is 49.0. The van der Waals surface area contributed by atoms with Crippen LogP contribution in [-0.4, -0.2) is 37.2 Å². The normalized spacial score (nSPS) is 13.1. The monoisotopic (exact) mass is 1050 g/mol. The first kappa shape index (κ1) is 71.3. The second-order valence-electron chi connectivity index (χ2n) is 19.9. The highest BCUT2D eigenvalue weighted by atomic mass is 16.6. The molecule has 1 atom stereocenters. The Morgan fingerprint density at radius 2 is 0.539 bits per heavy atom. The minimum atomic E-state index is -0.815. The van der Waals surface area contributed by atoms with Gasteiger partial charge >= 0.3 is 17.9 Å². The van der Waals surface area contributed by atoms with Gasteiger partial charge in [0, 0.05) is 19.3 Å². The summed E-state index contributed by atoms with van der Waals surface area (Å²) in [6.07, 6.45) is 90.0. The van der Waals surface area contributed by atoms with Gasteiger partial charge in [-0.15, -0.1) is 0 Å². The molecule has 0 spiro atoms. The van der Waals surface area contributed by atoms with E-state index in [1.54, 1.807) is 0 Å². The summed E-state index contributed by atoms with van der Waals surface area (Å²) in [6.45, 7) is 6.40. The van der Waals surface area contributed by atoms with Crippen molar-refractivity contribution in [2.45, 2.75) is 264 Å². The largest absolute Gasteiger partial charge is 0.462 e. The molecule has 6 nitrogen and oxygen atoms in total. The number of carbonyl (C=O) groups is 3. The summed E-state index contributed by atoms with van der Waals surface area (Å²) < 4.78 is 16.8. The molecule has 428 valence electrons. The predicted molar refractivity (Wildman–Crippen MR) is 329 cm³/mol. The minimum absolute atomic E-state index is 0.108. The summed E-state index contributed by atoms with van der Waals surface area (Å²) in [7, 11) is 0. The van der Waals surface area contributed by atoms with E-state index < -0.39 is 6.10 Å². The molecular formula is C70H112O6. The van der Waals surface area contributed by atoms with Gasteiger partial charge < -0.3 is 14.2 Å². The van der Waals surface area contributed by atoms with Crippen LogP contribution in [0.1, 0.15) is 258 Å². The molecule has 1 unspecified atom stereocenters. The molecule has 0 aromatic rings. The van der Waals surface area contributed by atoms with Crippen LogP contribution in [0.15, 0.2) is 146 Å². The van der Waals surface area contributed by atoms with E-state index in [4.69, 9.17) is 14.2 Å². The number of hydrogen-bond acceptors (Lipinski definition) is 6. The molecule has 0 aromatic heterocycles. The Morgan fingerprint density at radius 3 is 0.908 bits per heavy atom. The highest BCUT2D eigenvalue weighted by Crippen LogP contribution is 2.14. The lowest BCUT2D eigenvalue weighted by Crippen LogP contribution is -2.30. The van der Waals surface area contributed by atoms with Crippen LogP contribution in [0.3, 0.4) is 0 Å². The summed E-state index contributed by atoms with van der Waals surface area (Å²) in [5.74, 6) is -0.992. The maximum absolute atomic E-state index is 12.9. The summed E-state index contributed by atoms with van der Waals surface area (Å²) in [5, 5.41) is 0. The van der Waals surface area contributed by atoms with Gasteiger partial charge in [0.2, 0.25) is 0 Å². The van der Waals surface area contributed by atoms with Gasteiger partial charge in [-0.25, -0.2) is 0 Å². The minimum Gasteiger partial charge on any atom is -0.462 e. The zero-order valence-corrected chi connectivity index (χ0v) is 49.0. The van der Waals surface area contributed by atoms with Gasteiger partial charge in [0.25, 0.3) is 0 Å². The van der Waals surface area contributed by atoms with E-state index in [0.717, 1.165) is 128 Å². The van der Waals surface area contributed by atoms with Crippen LogP contribution in [0.25, 0.3) is 0 Å². The van der Waals surface area contributed by atoms with Gasteiger partial charge in [-0.2, -0.15) is 0 Å². The molecule has 0 aliphatic rings. The van der Waals surface area contributed by atoms with E-state index >= 15 is 0 Å². The number of hydrogen-bond donors (Lipinski definition) is 0. The van der Waals surface area contributed by atoms with E-state index in [9.17, 15) is 14.4 Å². The van der Waals surface area contributed by atoms with Crippen molar-refractivity contribution in [2.75, 3.05) is 13.2 Å². The first-order chi connectivity index (χ1) is 37.5. The molecule has 0 rings (SSSR count). The average molecular weight is 1050 g/mol. The summed E-state index contributed by atoms with van der Waals surface area (Å²) >= 11 is 0. The fourth-order valence-electron chi connectivity index (χ4n) is 7.92. The summed E-state index contributed by atoms with van der Waals surface area (Å²) in [5.41, 5.74) is 0. The Hall–Kier alpha value is -4.71. The molecular weight excluding hydrogens is 937 g/mol. The topological polar surface area (TPSA) is 78.9 Å². The second kappa shape index (κ2) is 62.8. The van der Waals surface area contributed by atoms with Crippen LogP contribution in [-0.2, 0) is 28.6 Å². The number of ether oxygens (including phenoxy) is 3.